The summed E-state index contributed by atoms with van der Waals surface area (Å²) in [4.78, 5) is 4.99. The SMILES string of the molecule is CC(O)Cc1noc(-c2ccc(Cl)s2)n1. The molecule has 0 fully saturated rings. The van der Waals surface area contributed by atoms with E-state index in [-0.39, 0.29) is 0 Å². The molecule has 2 aromatic heterocycles. The van der Waals surface area contributed by atoms with E-state index in [1.54, 1.807) is 13.0 Å². The van der Waals surface area contributed by atoms with E-state index in [2.05, 4.69) is 10.1 Å². The van der Waals surface area contributed by atoms with Gasteiger partial charge in [-0.1, -0.05) is 16.8 Å². The highest BCUT2D eigenvalue weighted by Crippen LogP contribution is 2.29. The third-order valence-electron chi connectivity index (χ3n) is 1.73. The van der Waals surface area contributed by atoms with Crippen LogP contribution in [0.3, 0.4) is 0 Å². The molecule has 1 unspecified atom stereocenters. The molecule has 15 heavy (non-hydrogen) atoms. The van der Waals surface area contributed by atoms with Crippen LogP contribution in [0.25, 0.3) is 10.8 Å². The smallest absolute Gasteiger partial charge is 0.268 e. The first-order valence-electron chi connectivity index (χ1n) is 4.41. The van der Waals surface area contributed by atoms with Crippen LogP contribution in [0.4, 0.5) is 0 Å². The van der Waals surface area contributed by atoms with Crippen LogP contribution >= 0.6 is 22.9 Å². The van der Waals surface area contributed by atoms with E-state index >= 15 is 0 Å². The molecule has 4 nitrogen and oxygen atoms in total. The van der Waals surface area contributed by atoms with Crippen molar-refractivity contribution in [3.05, 3.63) is 22.3 Å². The summed E-state index contributed by atoms with van der Waals surface area (Å²) >= 11 is 7.17. The van der Waals surface area contributed by atoms with Gasteiger partial charge in [0.2, 0.25) is 0 Å². The fraction of sp³-hybridized carbons (Fsp3) is 0.333. The van der Waals surface area contributed by atoms with Gasteiger partial charge in [0.05, 0.1) is 15.3 Å². The molecule has 1 atom stereocenters. The van der Waals surface area contributed by atoms with E-state index in [1.165, 1.54) is 11.3 Å². The van der Waals surface area contributed by atoms with Gasteiger partial charge in [0.1, 0.15) is 0 Å². The number of thiophene rings is 1. The Hall–Kier alpha value is -0.910. The summed E-state index contributed by atoms with van der Waals surface area (Å²) in [6, 6.07) is 3.60. The van der Waals surface area contributed by atoms with E-state index in [0.717, 1.165) is 4.88 Å². The maximum atomic E-state index is 9.15. The summed E-state index contributed by atoms with van der Waals surface area (Å²) in [6.45, 7) is 1.68. The normalized spacial score (nSPS) is 13.0. The molecule has 0 aliphatic heterocycles. The molecule has 0 amide bonds. The Labute approximate surface area is 95.5 Å². The van der Waals surface area contributed by atoms with Gasteiger partial charge in [-0.25, -0.2) is 0 Å². The summed E-state index contributed by atoms with van der Waals surface area (Å²) in [5.41, 5.74) is 0. The molecule has 0 aromatic carbocycles. The number of nitrogens with zero attached hydrogens (tertiary/aromatic N) is 2. The van der Waals surface area contributed by atoms with Crippen molar-refractivity contribution in [2.24, 2.45) is 0 Å². The number of hydrogen-bond acceptors (Lipinski definition) is 5. The molecule has 0 radical (unpaired) electrons. The van der Waals surface area contributed by atoms with Crippen LogP contribution in [0.1, 0.15) is 12.7 Å². The largest absolute Gasteiger partial charge is 0.393 e. The summed E-state index contributed by atoms with van der Waals surface area (Å²) < 4.78 is 5.73. The quantitative estimate of drug-likeness (QED) is 0.901. The molecule has 0 aliphatic rings. The van der Waals surface area contributed by atoms with Gasteiger partial charge in [0, 0.05) is 6.42 Å². The van der Waals surface area contributed by atoms with Gasteiger partial charge in [-0.2, -0.15) is 4.98 Å². The predicted molar refractivity (Wildman–Crippen MR) is 58.0 cm³/mol. The van der Waals surface area contributed by atoms with E-state index in [9.17, 15) is 0 Å². The van der Waals surface area contributed by atoms with Crippen LogP contribution in [0, 0.1) is 0 Å². The molecular formula is C9H9ClN2O2S. The fourth-order valence-electron chi connectivity index (χ4n) is 1.13. The van der Waals surface area contributed by atoms with Gasteiger partial charge >= 0.3 is 0 Å². The molecule has 80 valence electrons. The van der Waals surface area contributed by atoms with Crippen molar-refractivity contribution < 1.29 is 9.63 Å². The zero-order valence-electron chi connectivity index (χ0n) is 7.98. The lowest BCUT2D eigenvalue weighted by Crippen LogP contribution is -2.05. The summed E-state index contributed by atoms with van der Waals surface area (Å²) in [6.07, 6.45) is -0.0785. The maximum absolute atomic E-state index is 9.15. The van der Waals surface area contributed by atoms with Gasteiger partial charge < -0.3 is 9.63 Å². The number of aliphatic hydroxyl groups excluding tert-OH is 1. The summed E-state index contributed by atoms with van der Waals surface area (Å²) in [7, 11) is 0. The second-order valence-electron chi connectivity index (χ2n) is 3.17. The zero-order valence-corrected chi connectivity index (χ0v) is 9.55. The van der Waals surface area contributed by atoms with Crippen LogP contribution < -0.4 is 0 Å². The average molecular weight is 245 g/mol. The average Bonchev–Trinajstić information content (AvgIpc) is 2.72. The van der Waals surface area contributed by atoms with Crippen molar-refractivity contribution in [1.29, 1.82) is 0 Å². The Morgan fingerprint density at radius 1 is 1.60 bits per heavy atom. The highest BCUT2D eigenvalue weighted by atomic mass is 35.5. The summed E-state index contributed by atoms with van der Waals surface area (Å²) in [5, 5.41) is 12.9. The Morgan fingerprint density at radius 2 is 2.40 bits per heavy atom. The molecule has 0 aliphatic carbocycles. The molecular weight excluding hydrogens is 236 g/mol. The topological polar surface area (TPSA) is 59.2 Å². The number of aromatic nitrogens is 2. The van der Waals surface area contributed by atoms with Crippen molar-refractivity contribution >= 4 is 22.9 Å². The van der Waals surface area contributed by atoms with Crippen LogP contribution in [0.5, 0.6) is 0 Å². The number of rotatable bonds is 3. The van der Waals surface area contributed by atoms with Crippen LogP contribution in [0.2, 0.25) is 4.34 Å². The minimum Gasteiger partial charge on any atom is -0.393 e. The highest BCUT2D eigenvalue weighted by molar-refractivity contribution is 7.19. The fourth-order valence-corrected chi connectivity index (χ4v) is 2.10. The molecule has 0 saturated heterocycles. The van der Waals surface area contributed by atoms with Gasteiger partial charge in [-0.15, -0.1) is 11.3 Å². The van der Waals surface area contributed by atoms with Gasteiger partial charge in [-0.3, -0.25) is 0 Å². The lowest BCUT2D eigenvalue weighted by Gasteiger charge is -1.95. The standard InChI is InChI=1S/C9H9ClN2O2S/c1-5(13)4-8-11-9(14-12-8)6-2-3-7(10)15-6/h2-3,5,13H,4H2,1H3. The lowest BCUT2D eigenvalue weighted by molar-refractivity contribution is 0.191. The van der Waals surface area contributed by atoms with E-state index in [0.29, 0.717) is 22.5 Å². The predicted octanol–water partition coefficient (Wildman–Crippen LogP) is 2.37. The molecule has 2 heterocycles. The number of hydrogen-bond donors (Lipinski definition) is 1. The van der Waals surface area contributed by atoms with Crippen molar-refractivity contribution in [3.8, 4) is 10.8 Å². The van der Waals surface area contributed by atoms with Gasteiger partial charge in [0.15, 0.2) is 5.82 Å². The molecule has 1 N–H and O–H groups in total. The Morgan fingerprint density at radius 3 is 3.00 bits per heavy atom. The van der Waals surface area contributed by atoms with Crippen molar-refractivity contribution in [2.45, 2.75) is 19.4 Å². The van der Waals surface area contributed by atoms with Crippen LogP contribution in [-0.4, -0.2) is 21.4 Å². The third-order valence-corrected chi connectivity index (χ3v) is 2.95. The van der Waals surface area contributed by atoms with E-state index < -0.39 is 6.10 Å². The molecule has 0 saturated carbocycles. The van der Waals surface area contributed by atoms with Crippen molar-refractivity contribution in [1.82, 2.24) is 10.1 Å². The molecule has 0 bridgehead atoms. The summed E-state index contributed by atoms with van der Waals surface area (Å²) in [5.74, 6) is 0.951. The zero-order chi connectivity index (χ0) is 10.8. The lowest BCUT2D eigenvalue weighted by atomic mass is 10.3. The minimum absolute atomic E-state index is 0.391. The van der Waals surface area contributed by atoms with Gasteiger partial charge in [0.25, 0.3) is 5.89 Å². The van der Waals surface area contributed by atoms with E-state index in [1.807, 2.05) is 6.07 Å². The van der Waals surface area contributed by atoms with Crippen LogP contribution in [-0.2, 0) is 6.42 Å². The molecule has 6 heteroatoms. The minimum atomic E-state index is -0.470. The molecule has 2 rings (SSSR count). The second-order valence-corrected chi connectivity index (χ2v) is 4.89. The first-order chi connectivity index (χ1) is 7.15. The number of aliphatic hydroxyl groups is 1. The highest BCUT2D eigenvalue weighted by Gasteiger charge is 2.12. The molecule has 2 aromatic rings. The first kappa shape index (κ1) is 10.6. The number of halogens is 1. The molecule has 0 spiro atoms. The Balaban J connectivity index is 2.20. The maximum Gasteiger partial charge on any atom is 0.268 e. The first-order valence-corrected chi connectivity index (χ1v) is 5.61. The third kappa shape index (κ3) is 2.56. The van der Waals surface area contributed by atoms with Crippen molar-refractivity contribution in [2.75, 3.05) is 0 Å². The monoisotopic (exact) mass is 244 g/mol. The Kier molecular flexibility index (Phi) is 3.04. The van der Waals surface area contributed by atoms with E-state index in [4.69, 9.17) is 21.2 Å². The van der Waals surface area contributed by atoms with Crippen molar-refractivity contribution in [3.63, 3.8) is 0 Å². The van der Waals surface area contributed by atoms with Crippen LogP contribution in [0.15, 0.2) is 16.7 Å². The second kappa shape index (κ2) is 4.30. The Bertz CT molecular complexity index is 452. The van der Waals surface area contributed by atoms with Gasteiger partial charge in [-0.05, 0) is 19.1 Å².